The monoisotopic (exact) mass is 494 g/mol. The van der Waals surface area contributed by atoms with Crippen molar-refractivity contribution in [3.05, 3.63) is 75.3 Å². The molecule has 0 bridgehead atoms. The van der Waals surface area contributed by atoms with E-state index in [9.17, 15) is 0 Å². The number of methoxy groups -OCH3 is 1. The summed E-state index contributed by atoms with van der Waals surface area (Å²) >= 11 is 0. The normalized spacial score (nSPS) is 15.8. The quantitative estimate of drug-likeness (QED) is 0.352. The van der Waals surface area contributed by atoms with Gasteiger partial charge in [-0.3, -0.25) is 0 Å². The lowest BCUT2D eigenvalue weighted by Gasteiger charge is -2.31. The molecular formula is C36H46O. The standard InChI is InChI=1S/C36H46O/c1-23-30(32-20-26(35(2,3)4)17-18-33(32)37-8)21-27(36(5,6)7)22-31(23)34-28-15-11-9-13-24(28)19-25-14-10-12-16-29(25)34/h17-22H,9-16H2,1-8H3. The summed E-state index contributed by atoms with van der Waals surface area (Å²) in [6.45, 7) is 16.3. The first kappa shape index (κ1) is 26.1. The largest absolute Gasteiger partial charge is 0.496 e. The first-order valence-corrected chi connectivity index (χ1v) is 14.5. The van der Waals surface area contributed by atoms with E-state index in [0.29, 0.717) is 0 Å². The van der Waals surface area contributed by atoms with Crippen molar-refractivity contribution in [2.75, 3.05) is 7.11 Å². The van der Waals surface area contributed by atoms with Crippen molar-refractivity contribution >= 4 is 0 Å². The van der Waals surface area contributed by atoms with Gasteiger partial charge < -0.3 is 4.74 Å². The van der Waals surface area contributed by atoms with E-state index < -0.39 is 0 Å². The Labute approximate surface area is 225 Å². The van der Waals surface area contributed by atoms with Crippen molar-refractivity contribution in [3.63, 3.8) is 0 Å². The molecule has 2 aliphatic carbocycles. The maximum Gasteiger partial charge on any atom is 0.126 e. The molecule has 2 aliphatic rings. The lowest BCUT2D eigenvalue weighted by atomic mass is 9.74. The third-order valence-electron chi connectivity index (χ3n) is 8.87. The zero-order valence-electron chi connectivity index (χ0n) is 24.5. The molecule has 37 heavy (non-hydrogen) atoms. The Morgan fingerprint density at radius 3 is 1.65 bits per heavy atom. The van der Waals surface area contributed by atoms with Crippen molar-refractivity contribution in [2.24, 2.45) is 0 Å². The van der Waals surface area contributed by atoms with Gasteiger partial charge in [-0.2, -0.15) is 0 Å². The molecule has 0 fully saturated rings. The molecule has 0 aromatic heterocycles. The summed E-state index contributed by atoms with van der Waals surface area (Å²) in [6.07, 6.45) is 10.2. The minimum absolute atomic E-state index is 0.0565. The van der Waals surface area contributed by atoms with Crippen LogP contribution in [0.5, 0.6) is 5.75 Å². The van der Waals surface area contributed by atoms with E-state index in [0.717, 1.165) is 5.75 Å². The molecule has 0 heterocycles. The van der Waals surface area contributed by atoms with Gasteiger partial charge in [0.25, 0.3) is 0 Å². The van der Waals surface area contributed by atoms with E-state index in [4.69, 9.17) is 4.74 Å². The van der Waals surface area contributed by atoms with Crippen LogP contribution >= 0.6 is 0 Å². The Hall–Kier alpha value is -2.54. The molecule has 0 spiro atoms. The molecule has 3 aromatic rings. The second kappa shape index (κ2) is 9.64. The van der Waals surface area contributed by atoms with Gasteiger partial charge in [-0.1, -0.05) is 65.8 Å². The van der Waals surface area contributed by atoms with Crippen LogP contribution in [0.15, 0.2) is 36.4 Å². The summed E-state index contributed by atoms with van der Waals surface area (Å²) in [5.74, 6) is 0.963. The first-order chi connectivity index (χ1) is 17.5. The van der Waals surface area contributed by atoms with Gasteiger partial charge in [0.1, 0.15) is 5.75 Å². The number of ether oxygens (including phenoxy) is 1. The van der Waals surface area contributed by atoms with Gasteiger partial charge in [-0.25, -0.2) is 0 Å². The summed E-state index contributed by atoms with van der Waals surface area (Å²) < 4.78 is 5.97. The number of fused-ring (bicyclic) bond motifs is 2. The first-order valence-electron chi connectivity index (χ1n) is 14.5. The molecule has 196 valence electrons. The maximum absolute atomic E-state index is 5.97. The molecule has 1 nitrogen and oxygen atoms in total. The molecule has 0 amide bonds. The van der Waals surface area contributed by atoms with Crippen LogP contribution < -0.4 is 4.74 Å². The maximum atomic E-state index is 5.97. The van der Waals surface area contributed by atoms with Crippen LogP contribution in [0.25, 0.3) is 22.3 Å². The van der Waals surface area contributed by atoms with Crippen LogP contribution in [-0.4, -0.2) is 7.11 Å². The van der Waals surface area contributed by atoms with Gasteiger partial charge >= 0.3 is 0 Å². The average Bonchev–Trinajstić information content (AvgIpc) is 2.86. The third kappa shape index (κ3) is 4.87. The van der Waals surface area contributed by atoms with Crippen molar-refractivity contribution in [1.82, 2.24) is 0 Å². The van der Waals surface area contributed by atoms with Crippen molar-refractivity contribution in [2.45, 2.75) is 111 Å². The van der Waals surface area contributed by atoms with E-state index in [1.54, 1.807) is 27.8 Å². The highest BCUT2D eigenvalue weighted by atomic mass is 16.5. The number of hydrogen-bond donors (Lipinski definition) is 0. The Bertz CT molecular complexity index is 1290. The fourth-order valence-electron chi connectivity index (χ4n) is 6.54. The zero-order chi connectivity index (χ0) is 26.5. The summed E-state index contributed by atoms with van der Waals surface area (Å²) in [7, 11) is 1.81. The highest BCUT2D eigenvalue weighted by Crippen LogP contribution is 2.46. The van der Waals surface area contributed by atoms with Gasteiger partial charge in [0.05, 0.1) is 7.11 Å². The van der Waals surface area contributed by atoms with Crippen LogP contribution in [0.2, 0.25) is 0 Å². The molecule has 0 atom stereocenters. The summed E-state index contributed by atoms with van der Waals surface area (Å²) in [4.78, 5) is 0. The summed E-state index contributed by atoms with van der Waals surface area (Å²) in [5, 5.41) is 0. The highest BCUT2D eigenvalue weighted by molar-refractivity contribution is 5.86. The molecule has 0 N–H and O–H groups in total. The third-order valence-corrected chi connectivity index (χ3v) is 8.87. The number of aryl methyl sites for hydroxylation is 2. The van der Waals surface area contributed by atoms with Crippen LogP contribution in [0.4, 0.5) is 0 Å². The van der Waals surface area contributed by atoms with Gasteiger partial charge in [0.2, 0.25) is 0 Å². The topological polar surface area (TPSA) is 9.23 Å². The van der Waals surface area contributed by atoms with Gasteiger partial charge in [0.15, 0.2) is 0 Å². The molecular weight excluding hydrogens is 448 g/mol. The lowest BCUT2D eigenvalue weighted by Crippen LogP contribution is -2.15. The Balaban J connectivity index is 1.85. The van der Waals surface area contributed by atoms with E-state index in [1.165, 1.54) is 84.7 Å². The minimum atomic E-state index is 0.0565. The number of rotatable bonds is 3. The molecule has 0 unspecified atom stereocenters. The predicted octanol–water partition coefficient (Wildman–Crippen LogP) is 9.69. The van der Waals surface area contributed by atoms with E-state index in [-0.39, 0.29) is 10.8 Å². The molecule has 0 saturated heterocycles. The number of benzene rings is 3. The van der Waals surface area contributed by atoms with E-state index in [1.807, 2.05) is 7.11 Å². The van der Waals surface area contributed by atoms with Crippen LogP contribution in [0, 0.1) is 6.92 Å². The van der Waals surface area contributed by atoms with Crippen LogP contribution in [-0.2, 0) is 36.5 Å². The van der Waals surface area contributed by atoms with Crippen LogP contribution in [0.1, 0.15) is 106 Å². The Morgan fingerprint density at radius 2 is 1.11 bits per heavy atom. The minimum Gasteiger partial charge on any atom is -0.496 e. The second-order valence-corrected chi connectivity index (χ2v) is 13.6. The van der Waals surface area contributed by atoms with Crippen molar-refractivity contribution < 1.29 is 4.74 Å². The molecule has 1 heteroatoms. The van der Waals surface area contributed by atoms with Crippen molar-refractivity contribution in [1.29, 1.82) is 0 Å². The predicted molar refractivity (Wildman–Crippen MR) is 159 cm³/mol. The fraction of sp³-hybridized carbons (Fsp3) is 0.500. The van der Waals surface area contributed by atoms with Gasteiger partial charge in [-0.15, -0.1) is 0 Å². The van der Waals surface area contributed by atoms with Crippen molar-refractivity contribution in [3.8, 4) is 28.0 Å². The Kier molecular flexibility index (Phi) is 6.80. The van der Waals surface area contributed by atoms with Gasteiger partial charge in [0, 0.05) is 5.56 Å². The van der Waals surface area contributed by atoms with E-state index >= 15 is 0 Å². The highest BCUT2D eigenvalue weighted by Gasteiger charge is 2.27. The number of hydrogen-bond acceptors (Lipinski definition) is 1. The Morgan fingerprint density at radius 1 is 0.595 bits per heavy atom. The molecule has 3 aromatic carbocycles. The zero-order valence-corrected chi connectivity index (χ0v) is 24.5. The van der Waals surface area contributed by atoms with Gasteiger partial charge in [-0.05, 0) is 137 Å². The molecule has 5 rings (SSSR count). The van der Waals surface area contributed by atoms with E-state index in [2.05, 4.69) is 84.9 Å². The smallest absolute Gasteiger partial charge is 0.126 e. The molecule has 0 aliphatic heterocycles. The van der Waals surface area contributed by atoms with Crippen LogP contribution in [0.3, 0.4) is 0 Å². The molecule has 0 saturated carbocycles. The lowest BCUT2D eigenvalue weighted by molar-refractivity contribution is 0.416. The fourth-order valence-corrected chi connectivity index (χ4v) is 6.54. The second-order valence-electron chi connectivity index (χ2n) is 13.6. The summed E-state index contributed by atoms with van der Waals surface area (Å²) in [6, 6.07) is 14.4. The SMILES string of the molecule is COc1ccc(C(C)(C)C)cc1-c1cc(C(C)(C)C)cc(-c2c3c(cc4c2CCCC4)CCCC3)c1C. The average molecular weight is 495 g/mol. The summed E-state index contributed by atoms with van der Waals surface area (Å²) in [5.41, 5.74) is 16.4. The molecule has 0 radical (unpaired) electrons.